The molecule has 0 fully saturated rings. The van der Waals surface area contributed by atoms with Crippen LogP contribution in [-0.4, -0.2) is 162 Å². The van der Waals surface area contributed by atoms with Crippen molar-refractivity contribution in [1.82, 2.24) is 40.0 Å². The predicted molar refractivity (Wildman–Crippen MR) is 219 cm³/mol. The van der Waals surface area contributed by atoms with Crippen LogP contribution in [0, 0.1) is 0 Å². The molecule has 2 aromatic heterocycles. The number of unbranched alkanes of at least 4 members (excludes halogenated alkanes) is 1. The molecule has 0 saturated heterocycles. The first-order chi connectivity index (χ1) is 28.2. The Morgan fingerprint density at radius 3 is 1.49 bits per heavy atom. The van der Waals surface area contributed by atoms with Crippen LogP contribution in [0.2, 0.25) is 0 Å². The maximum atomic E-state index is 12.9. The molecule has 6 N–H and O–H groups in total. The van der Waals surface area contributed by atoms with Gasteiger partial charge in [-0.05, 0) is 109 Å². The summed E-state index contributed by atoms with van der Waals surface area (Å²) in [6, 6.07) is 7.81. The highest BCUT2D eigenvalue weighted by Gasteiger charge is 2.20. The van der Waals surface area contributed by atoms with Gasteiger partial charge in [0.2, 0.25) is 0 Å². The van der Waals surface area contributed by atoms with Crippen LogP contribution in [0.15, 0.2) is 93.8 Å². The summed E-state index contributed by atoms with van der Waals surface area (Å²) in [6.07, 6.45) is 14.5. The molecule has 0 bridgehead atoms. The van der Waals surface area contributed by atoms with Crippen molar-refractivity contribution in [3.05, 3.63) is 116 Å². The number of carbonyl (C=O) groups is 6. The Labute approximate surface area is 343 Å². The number of aromatic nitrogens is 2. The lowest BCUT2D eigenvalue weighted by Crippen LogP contribution is -2.38. The van der Waals surface area contributed by atoms with E-state index in [4.69, 9.17) is 15.6 Å². The number of carbonyl (C=O) groups excluding carboxylic acids is 6. The number of hydrogen-bond acceptors (Lipinski definition) is 17. The maximum Gasteiger partial charge on any atom is 0.283 e. The number of nitrogens with zero attached hydrogens (tertiary/aromatic N) is 6. The van der Waals surface area contributed by atoms with E-state index in [0.717, 1.165) is 69.1 Å². The Kier molecular flexibility index (Phi) is 32.4. The van der Waals surface area contributed by atoms with Crippen LogP contribution < -0.4 is 21.8 Å². The van der Waals surface area contributed by atoms with Gasteiger partial charge in [-0.2, -0.15) is 0 Å². The number of rotatable bonds is 23. The second-order valence-electron chi connectivity index (χ2n) is 12.0. The summed E-state index contributed by atoms with van der Waals surface area (Å²) in [5.74, 6) is -0.237. The van der Waals surface area contributed by atoms with Gasteiger partial charge in [0.25, 0.3) is 17.0 Å². The van der Waals surface area contributed by atoms with E-state index in [-0.39, 0.29) is 28.7 Å². The average Bonchev–Trinajstić information content (AvgIpc) is 3.21. The molecular weight excluding hydrogens is 772 g/mol. The Hall–Kier alpha value is -6.32. The van der Waals surface area contributed by atoms with Crippen molar-refractivity contribution < 1.29 is 49.6 Å². The molecule has 0 saturated carbocycles. The Balaban J connectivity index is 0. The van der Waals surface area contributed by atoms with Crippen molar-refractivity contribution in [3.63, 3.8) is 0 Å². The molecule has 0 aliphatic carbocycles. The van der Waals surface area contributed by atoms with E-state index < -0.39 is 11.1 Å². The van der Waals surface area contributed by atoms with Gasteiger partial charge in [0.05, 0.1) is 0 Å². The average molecular weight is 831 g/mol. The molecule has 0 aromatic carbocycles. The molecule has 20 nitrogen and oxygen atoms in total. The fraction of sp³-hybridized carbons (Fsp3) is 0.385. The topological polar surface area (TPSA) is 264 Å². The van der Waals surface area contributed by atoms with Crippen LogP contribution in [0.1, 0.15) is 46.7 Å². The Morgan fingerprint density at radius 2 is 1.08 bits per heavy atom. The van der Waals surface area contributed by atoms with E-state index in [1.54, 1.807) is 4.90 Å². The zero-order chi connectivity index (χ0) is 45.0. The zero-order valence-corrected chi connectivity index (χ0v) is 34.1. The molecule has 0 atom stereocenters. The van der Waals surface area contributed by atoms with Gasteiger partial charge in [-0.3, -0.25) is 58.9 Å². The van der Waals surface area contributed by atoms with E-state index >= 15 is 0 Å². The number of allylic oxidation sites excluding steroid dienone is 7. The molecular formula is C39H58N8O12. The molecule has 2 aromatic rings. The summed E-state index contributed by atoms with van der Waals surface area (Å²) in [5, 5.41) is 43.8. The lowest BCUT2D eigenvalue weighted by atomic mass is 10.2. The highest BCUT2D eigenvalue weighted by atomic mass is 16.5. The Morgan fingerprint density at radius 1 is 0.644 bits per heavy atom. The van der Waals surface area contributed by atoms with Gasteiger partial charge in [-0.25, -0.2) is 0 Å². The van der Waals surface area contributed by atoms with Crippen LogP contribution in [0.25, 0.3) is 0 Å². The van der Waals surface area contributed by atoms with Crippen LogP contribution >= 0.6 is 0 Å². The van der Waals surface area contributed by atoms with Crippen molar-refractivity contribution in [1.29, 1.82) is 0 Å². The number of amides is 1. The van der Waals surface area contributed by atoms with Crippen LogP contribution in [0.5, 0.6) is 0 Å². The van der Waals surface area contributed by atoms with E-state index in [1.807, 2.05) is 14.1 Å². The minimum atomic E-state index is -0.607. The molecule has 0 unspecified atom stereocenters. The van der Waals surface area contributed by atoms with Crippen LogP contribution in [-0.2, 0) is 19.2 Å². The number of hydroxylamine groups is 4. The van der Waals surface area contributed by atoms with E-state index in [9.17, 15) is 43.6 Å². The van der Waals surface area contributed by atoms with Crippen LogP contribution in [0.3, 0.4) is 0 Å². The molecule has 326 valence electrons. The highest BCUT2D eigenvalue weighted by Crippen LogP contribution is 2.09. The number of hydrogen-bond donors (Lipinski definition) is 6. The molecule has 0 spiro atoms. The lowest BCUT2D eigenvalue weighted by Gasteiger charge is -2.26. The fourth-order valence-electron chi connectivity index (χ4n) is 4.35. The molecule has 0 radical (unpaired) electrons. The summed E-state index contributed by atoms with van der Waals surface area (Å²) in [5.41, 5.74) is -1.08. The fourth-order valence-corrected chi connectivity index (χ4v) is 4.35. The SMILES string of the molecule is CN(O)/C(C=O)=C\C=C/C=O.CNCCCN(C)CCCCN(CCCNC)C(=O)/C(=C/C=C\C=O)N(C)O.O=Cc1cccc(=O)n1O.O=Cc1cccc(=O)n1O. The van der Waals surface area contributed by atoms with E-state index in [0.29, 0.717) is 59.0 Å². The van der Waals surface area contributed by atoms with Gasteiger partial charge >= 0.3 is 0 Å². The molecule has 20 heteroatoms. The van der Waals surface area contributed by atoms with Crippen molar-refractivity contribution in [2.24, 2.45) is 0 Å². The minimum absolute atomic E-state index is 0.0486. The third kappa shape index (κ3) is 25.5. The van der Waals surface area contributed by atoms with Gasteiger partial charge in [-0.15, -0.1) is 9.46 Å². The van der Waals surface area contributed by atoms with Crippen molar-refractivity contribution in [3.8, 4) is 0 Å². The lowest BCUT2D eigenvalue weighted by molar-refractivity contribution is -0.134. The normalized spacial score (nSPS) is 11.0. The van der Waals surface area contributed by atoms with Crippen LogP contribution in [0.4, 0.5) is 0 Å². The zero-order valence-electron chi connectivity index (χ0n) is 34.1. The number of aldehydes is 5. The van der Waals surface area contributed by atoms with Gasteiger partial charge < -0.3 is 30.8 Å². The minimum Gasteiger partial charge on any atom is -0.425 e. The van der Waals surface area contributed by atoms with Gasteiger partial charge in [0.15, 0.2) is 18.9 Å². The third-order valence-corrected chi connectivity index (χ3v) is 7.45. The second kappa shape index (κ2) is 34.9. The number of pyridine rings is 2. The highest BCUT2D eigenvalue weighted by molar-refractivity contribution is 5.93. The summed E-state index contributed by atoms with van der Waals surface area (Å²) in [7, 11) is 8.68. The summed E-state index contributed by atoms with van der Waals surface area (Å²) in [6.45, 7) is 5.12. The molecule has 2 rings (SSSR count). The predicted octanol–water partition coefficient (Wildman–Crippen LogP) is 0.648. The quantitative estimate of drug-likeness (QED) is 0.0224. The number of nitrogens with one attached hydrogen (secondary N) is 2. The summed E-state index contributed by atoms with van der Waals surface area (Å²) >= 11 is 0. The largest absolute Gasteiger partial charge is 0.425 e. The summed E-state index contributed by atoms with van der Waals surface area (Å²) < 4.78 is 0.597. The number of likely N-dealkylation sites (N-methyl/N-ethyl adjacent to an activating group) is 2. The standard InChI is InChI=1S/C20H39N5O3.C7H9NO3.2C6H5NO3/c1-21-12-9-15-23(3)14-6-7-16-25(17-10-13-22-2)20(27)19(24(4)28)11-5-8-18-26;1-8(11)7(6-10)4-2-3-5-9;2*8-4-5-2-1-3-6(9)7(5)10/h5,8,11,18,21-22,28H,6-7,9-10,12-17H2,1-4H3;2-6,11H,1H3;2*1-4,10H/b8-5-,19-11-;3-2-,7-4-;;. The smallest absolute Gasteiger partial charge is 0.283 e. The molecule has 59 heavy (non-hydrogen) atoms. The molecule has 0 aliphatic heterocycles. The first-order valence-corrected chi connectivity index (χ1v) is 18.2. The maximum absolute atomic E-state index is 12.9. The van der Waals surface area contributed by atoms with Crippen molar-refractivity contribution in [2.45, 2.75) is 25.7 Å². The molecule has 2 heterocycles. The summed E-state index contributed by atoms with van der Waals surface area (Å²) in [4.78, 5) is 88.5. The Bertz CT molecular complexity index is 1720. The monoisotopic (exact) mass is 830 g/mol. The van der Waals surface area contributed by atoms with Crippen molar-refractivity contribution >= 4 is 37.3 Å². The third-order valence-electron chi connectivity index (χ3n) is 7.45. The van der Waals surface area contributed by atoms with Gasteiger partial charge in [0, 0.05) is 39.3 Å². The van der Waals surface area contributed by atoms with E-state index in [1.165, 1.54) is 74.8 Å². The van der Waals surface area contributed by atoms with Crippen molar-refractivity contribution in [2.75, 3.05) is 74.5 Å². The first-order valence-electron chi connectivity index (χ1n) is 18.2. The van der Waals surface area contributed by atoms with Gasteiger partial charge in [0.1, 0.15) is 35.4 Å². The molecule has 0 aliphatic rings. The van der Waals surface area contributed by atoms with E-state index in [2.05, 4.69) is 22.6 Å². The second-order valence-corrected chi connectivity index (χ2v) is 12.0. The molecule has 1 amide bonds. The van der Waals surface area contributed by atoms with Gasteiger partial charge in [-0.1, -0.05) is 24.3 Å². The first kappa shape index (κ1) is 54.8.